The molecule has 38 heavy (non-hydrogen) atoms. The quantitative estimate of drug-likeness (QED) is 0.353. The van der Waals surface area contributed by atoms with Crippen LogP contribution in [0.2, 0.25) is 0 Å². The second-order valence-corrected chi connectivity index (χ2v) is 9.21. The zero-order chi connectivity index (χ0) is 28.1. The molecule has 0 radical (unpaired) electrons. The standard InChI is InChI=1S/C22H22F3N5O7S/c1-30(37-21(31)22(23,24)25)38(32,33)15-7-5-6-13(8-15)28-18-11-19(27-12-26-18)29-14-9-16(34-2)20(36-4)17(10-14)35-3/h5-12H,1-4H3,(H2,26,27,28,29). The van der Waals surface area contributed by atoms with E-state index in [0.29, 0.717) is 35.8 Å². The van der Waals surface area contributed by atoms with Crippen LogP contribution in [0.25, 0.3) is 0 Å². The van der Waals surface area contributed by atoms with E-state index in [1.54, 1.807) is 12.1 Å². The van der Waals surface area contributed by atoms with Crippen LogP contribution in [0.5, 0.6) is 17.2 Å². The second-order valence-electron chi connectivity index (χ2n) is 7.27. The molecule has 0 unspecified atom stereocenters. The first-order chi connectivity index (χ1) is 17.9. The molecule has 0 atom stereocenters. The molecular formula is C22H22F3N5O7S. The fourth-order valence-corrected chi connectivity index (χ4v) is 4.03. The summed E-state index contributed by atoms with van der Waals surface area (Å²) in [5.74, 6) is -0.859. The monoisotopic (exact) mass is 557 g/mol. The normalized spacial score (nSPS) is 11.6. The molecule has 1 heterocycles. The number of anilines is 4. The molecule has 0 spiro atoms. The zero-order valence-corrected chi connectivity index (χ0v) is 21.2. The summed E-state index contributed by atoms with van der Waals surface area (Å²) in [7, 11) is 0.486. The SMILES string of the molecule is COc1cc(Nc2cc(Nc3cccc(S(=O)(=O)N(C)OC(=O)C(F)(F)F)c3)ncn2)cc(OC)c1OC. The predicted molar refractivity (Wildman–Crippen MR) is 128 cm³/mol. The van der Waals surface area contributed by atoms with Gasteiger partial charge in [0.2, 0.25) is 5.75 Å². The Morgan fingerprint density at radius 2 is 1.47 bits per heavy atom. The lowest BCUT2D eigenvalue weighted by Crippen LogP contribution is -2.36. The van der Waals surface area contributed by atoms with Gasteiger partial charge in [0, 0.05) is 36.6 Å². The molecule has 3 aromatic rings. The summed E-state index contributed by atoms with van der Waals surface area (Å²) in [6.45, 7) is 0. The summed E-state index contributed by atoms with van der Waals surface area (Å²) < 4.78 is 78.3. The van der Waals surface area contributed by atoms with E-state index < -0.39 is 27.1 Å². The van der Waals surface area contributed by atoms with E-state index >= 15 is 0 Å². The van der Waals surface area contributed by atoms with Gasteiger partial charge in [-0.3, -0.25) is 0 Å². The van der Waals surface area contributed by atoms with Crippen LogP contribution >= 0.6 is 0 Å². The molecule has 0 saturated carbocycles. The summed E-state index contributed by atoms with van der Waals surface area (Å²) in [5, 5.41) is 5.94. The average molecular weight is 558 g/mol. The lowest BCUT2D eigenvalue weighted by atomic mass is 10.2. The molecule has 0 saturated heterocycles. The Bertz CT molecular complexity index is 1400. The minimum atomic E-state index is -5.37. The van der Waals surface area contributed by atoms with Gasteiger partial charge < -0.3 is 29.7 Å². The van der Waals surface area contributed by atoms with E-state index in [0.717, 1.165) is 12.1 Å². The van der Waals surface area contributed by atoms with Crippen molar-refractivity contribution >= 4 is 39.0 Å². The third-order valence-electron chi connectivity index (χ3n) is 4.79. The Hall–Kier alpha value is -4.31. The first kappa shape index (κ1) is 28.3. The van der Waals surface area contributed by atoms with Crippen molar-refractivity contribution in [2.45, 2.75) is 11.1 Å². The summed E-state index contributed by atoms with van der Waals surface area (Å²) in [4.78, 5) is 22.7. The number of hydrogen-bond donors (Lipinski definition) is 2. The molecule has 0 amide bonds. The van der Waals surface area contributed by atoms with Crippen molar-refractivity contribution in [2.24, 2.45) is 0 Å². The fourth-order valence-electron chi connectivity index (χ4n) is 3.04. The van der Waals surface area contributed by atoms with E-state index in [1.807, 2.05) is 0 Å². The van der Waals surface area contributed by atoms with Crippen molar-refractivity contribution in [1.29, 1.82) is 0 Å². The minimum Gasteiger partial charge on any atom is -0.493 e. The van der Waals surface area contributed by atoms with Gasteiger partial charge >= 0.3 is 12.1 Å². The van der Waals surface area contributed by atoms with Crippen molar-refractivity contribution in [3.05, 3.63) is 48.8 Å². The Morgan fingerprint density at radius 1 is 0.895 bits per heavy atom. The zero-order valence-electron chi connectivity index (χ0n) is 20.4. The Kier molecular flexibility index (Phi) is 8.47. The summed E-state index contributed by atoms with van der Waals surface area (Å²) in [5.41, 5.74) is 0.771. The van der Waals surface area contributed by atoms with Crippen LogP contribution in [-0.2, 0) is 19.7 Å². The number of nitrogens with one attached hydrogen (secondary N) is 2. The number of sulfonamides is 1. The number of aromatic nitrogens is 2. The number of hydroxylamine groups is 1. The highest BCUT2D eigenvalue weighted by atomic mass is 32.2. The van der Waals surface area contributed by atoms with Crippen molar-refractivity contribution in [1.82, 2.24) is 14.4 Å². The molecule has 2 N–H and O–H groups in total. The molecule has 3 rings (SSSR count). The number of nitrogens with zero attached hydrogens (tertiary/aromatic N) is 3. The highest BCUT2D eigenvalue weighted by Crippen LogP contribution is 2.40. The molecule has 0 aliphatic heterocycles. The van der Waals surface area contributed by atoms with Gasteiger partial charge in [0.1, 0.15) is 18.0 Å². The lowest BCUT2D eigenvalue weighted by Gasteiger charge is -2.17. The van der Waals surface area contributed by atoms with Gasteiger partial charge in [0.15, 0.2) is 11.5 Å². The smallest absolute Gasteiger partial charge is 0.492 e. The van der Waals surface area contributed by atoms with Gasteiger partial charge in [-0.05, 0) is 22.7 Å². The Balaban J connectivity index is 1.80. The maximum Gasteiger partial charge on any atom is 0.492 e. The van der Waals surface area contributed by atoms with Crippen LogP contribution in [0.4, 0.5) is 36.2 Å². The summed E-state index contributed by atoms with van der Waals surface area (Å²) in [6, 6.07) is 9.92. The van der Waals surface area contributed by atoms with Crippen LogP contribution in [0, 0.1) is 0 Å². The van der Waals surface area contributed by atoms with Gasteiger partial charge in [0.25, 0.3) is 10.0 Å². The van der Waals surface area contributed by atoms with Gasteiger partial charge in [-0.2, -0.15) is 13.2 Å². The second kappa shape index (κ2) is 11.4. The molecule has 0 fully saturated rings. The first-order valence-corrected chi connectivity index (χ1v) is 11.9. The molecular weight excluding hydrogens is 535 g/mol. The number of rotatable bonds is 10. The third-order valence-corrected chi connectivity index (χ3v) is 6.39. The molecule has 0 aliphatic rings. The van der Waals surface area contributed by atoms with Crippen molar-refractivity contribution in [3.8, 4) is 17.2 Å². The van der Waals surface area contributed by atoms with Crippen molar-refractivity contribution in [2.75, 3.05) is 39.0 Å². The molecule has 1 aromatic heterocycles. The number of benzene rings is 2. The maximum atomic E-state index is 12.6. The van der Waals surface area contributed by atoms with Crippen LogP contribution in [0.1, 0.15) is 0 Å². The van der Waals surface area contributed by atoms with Gasteiger partial charge in [0.05, 0.1) is 26.2 Å². The number of carbonyl (C=O) groups is 1. The molecule has 2 aromatic carbocycles. The highest BCUT2D eigenvalue weighted by molar-refractivity contribution is 7.89. The number of hydrogen-bond acceptors (Lipinski definition) is 11. The average Bonchev–Trinajstić information content (AvgIpc) is 2.87. The summed E-state index contributed by atoms with van der Waals surface area (Å²) in [6.07, 6.45) is -4.12. The number of alkyl halides is 3. The largest absolute Gasteiger partial charge is 0.493 e. The molecule has 0 aliphatic carbocycles. The summed E-state index contributed by atoms with van der Waals surface area (Å²) >= 11 is 0. The van der Waals surface area contributed by atoms with Gasteiger partial charge in [-0.15, -0.1) is 0 Å². The third kappa shape index (κ3) is 6.51. The molecule has 204 valence electrons. The van der Waals surface area contributed by atoms with Gasteiger partial charge in [-0.25, -0.2) is 23.2 Å². The van der Waals surface area contributed by atoms with Crippen LogP contribution < -0.4 is 24.8 Å². The van der Waals surface area contributed by atoms with Crippen LogP contribution in [0.15, 0.2) is 53.7 Å². The van der Waals surface area contributed by atoms with Crippen LogP contribution in [-0.4, -0.2) is 63.4 Å². The van der Waals surface area contributed by atoms with Crippen molar-refractivity contribution < 1.29 is 45.4 Å². The number of methoxy groups -OCH3 is 3. The van der Waals surface area contributed by atoms with E-state index in [1.165, 1.54) is 45.9 Å². The van der Waals surface area contributed by atoms with E-state index in [9.17, 15) is 26.4 Å². The number of ether oxygens (including phenoxy) is 3. The maximum absolute atomic E-state index is 12.6. The van der Waals surface area contributed by atoms with Crippen molar-refractivity contribution in [3.63, 3.8) is 0 Å². The first-order valence-electron chi connectivity index (χ1n) is 10.4. The topological polar surface area (TPSA) is 141 Å². The molecule has 0 bridgehead atoms. The van der Waals surface area contributed by atoms with E-state index in [4.69, 9.17) is 14.2 Å². The Labute approximate surface area is 215 Å². The number of carbonyl (C=O) groups excluding carboxylic acids is 1. The highest BCUT2D eigenvalue weighted by Gasteiger charge is 2.43. The van der Waals surface area contributed by atoms with E-state index in [-0.39, 0.29) is 16.0 Å². The van der Waals surface area contributed by atoms with E-state index in [2.05, 4.69) is 25.4 Å². The van der Waals surface area contributed by atoms with Crippen LogP contribution in [0.3, 0.4) is 0 Å². The molecule has 12 nitrogen and oxygen atoms in total. The Morgan fingerprint density at radius 3 is 2.00 bits per heavy atom. The van der Waals surface area contributed by atoms with Gasteiger partial charge in [-0.1, -0.05) is 6.07 Å². The lowest BCUT2D eigenvalue weighted by molar-refractivity contribution is -0.219. The predicted octanol–water partition coefficient (Wildman–Crippen LogP) is 3.63. The number of halogens is 3. The minimum absolute atomic E-state index is 0.161. The molecule has 16 heteroatoms. The fraction of sp³-hybridized carbons (Fsp3) is 0.227.